The average molecular weight is 415 g/mol. The van der Waals surface area contributed by atoms with Crippen LogP contribution in [0.25, 0.3) is 0 Å². The van der Waals surface area contributed by atoms with Crippen LogP contribution in [-0.2, 0) is 11.0 Å². The van der Waals surface area contributed by atoms with Gasteiger partial charge in [0.05, 0.1) is 11.7 Å². The van der Waals surface area contributed by atoms with Gasteiger partial charge in [-0.25, -0.2) is 0 Å². The fraction of sp³-hybridized carbons (Fsp3) is 0.263. The first kappa shape index (κ1) is 21.7. The van der Waals surface area contributed by atoms with Gasteiger partial charge in [0.15, 0.2) is 0 Å². The maximum Gasteiger partial charge on any atom is 0.416 e. The number of carbonyl (C=O) groups excluding carboxylic acids is 2. The van der Waals surface area contributed by atoms with Crippen molar-refractivity contribution in [3.63, 3.8) is 0 Å². The summed E-state index contributed by atoms with van der Waals surface area (Å²) in [4.78, 5) is 23.7. The Kier molecular flexibility index (Phi) is 7.42. The minimum absolute atomic E-state index is 0.0303. The van der Waals surface area contributed by atoms with Crippen molar-refractivity contribution in [2.45, 2.75) is 18.7 Å². The Morgan fingerprint density at radius 3 is 2.32 bits per heavy atom. The summed E-state index contributed by atoms with van der Waals surface area (Å²) in [5.74, 6) is -0.899. The minimum atomic E-state index is -4.60. The molecule has 0 bridgehead atoms. The molecule has 9 heteroatoms. The molecular formula is C19H18ClF3N2O3. The van der Waals surface area contributed by atoms with Crippen LogP contribution in [0.5, 0.6) is 0 Å². The van der Waals surface area contributed by atoms with Gasteiger partial charge in [0, 0.05) is 30.1 Å². The number of hydrogen-bond acceptors (Lipinski definition) is 3. The molecule has 2 rings (SSSR count). The van der Waals surface area contributed by atoms with Gasteiger partial charge >= 0.3 is 6.18 Å². The predicted octanol–water partition coefficient (Wildman–Crippen LogP) is 3.33. The lowest BCUT2D eigenvalue weighted by atomic mass is 10.0. The van der Waals surface area contributed by atoms with Crippen LogP contribution in [0.1, 0.15) is 34.0 Å². The zero-order valence-electron chi connectivity index (χ0n) is 14.6. The van der Waals surface area contributed by atoms with E-state index >= 15 is 0 Å². The van der Waals surface area contributed by atoms with Gasteiger partial charge in [0.2, 0.25) is 5.91 Å². The Morgan fingerprint density at radius 1 is 1.04 bits per heavy atom. The summed E-state index contributed by atoms with van der Waals surface area (Å²) in [7, 11) is 0. The third-order valence-corrected chi connectivity index (χ3v) is 4.11. The first-order chi connectivity index (χ1) is 13.2. The summed E-state index contributed by atoms with van der Waals surface area (Å²) in [6.07, 6.45) is -6.20. The highest BCUT2D eigenvalue weighted by atomic mass is 35.5. The summed E-state index contributed by atoms with van der Waals surface area (Å²) < 4.78 is 38.9. The van der Waals surface area contributed by atoms with Crippen molar-refractivity contribution in [2.24, 2.45) is 0 Å². The molecule has 150 valence electrons. The summed E-state index contributed by atoms with van der Waals surface area (Å²) in [6.45, 7) is -0.348. The average Bonchev–Trinajstić information content (AvgIpc) is 2.66. The molecule has 0 aliphatic carbocycles. The number of amides is 2. The monoisotopic (exact) mass is 414 g/mol. The van der Waals surface area contributed by atoms with Crippen LogP contribution in [0.4, 0.5) is 13.2 Å². The highest BCUT2D eigenvalue weighted by Gasteiger charge is 2.34. The molecule has 2 aromatic carbocycles. The lowest BCUT2D eigenvalue weighted by Crippen LogP contribution is -2.33. The summed E-state index contributed by atoms with van der Waals surface area (Å²) in [5.41, 5.74) is -0.887. The van der Waals surface area contributed by atoms with Gasteiger partial charge in [-0.05, 0) is 35.9 Å². The number of nitrogens with one attached hydrogen (secondary N) is 2. The summed E-state index contributed by atoms with van der Waals surface area (Å²) in [6, 6.07) is 10.8. The third-order valence-electron chi connectivity index (χ3n) is 3.86. The molecular weight excluding hydrogens is 397 g/mol. The largest absolute Gasteiger partial charge is 0.416 e. The molecule has 0 spiro atoms. The Morgan fingerprint density at radius 2 is 1.68 bits per heavy atom. The number of rotatable bonds is 7. The van der Waals surface area contributed by atoms with Crippen molar-refractivity contribution >= 4 is 23.4 Å². The Bertz CT molecular complexity index is 826. The molecule has 28 heavy (non-hydrogen) atoms. The smallest absolute Gasteiger partial charge is 0.387 e. The van der Waals surface area contributed by atoms with Gasteiger partial charge in [-0.1, -0.05) is 29.8 Å². The quantitative estimate of drug-likeness (QED) is 0.650. The maximum absolute atomic E-state index is 13.0. The van der Waals surface area contributed by atoms with E-state index in [-0.39, 0.29) is 31.0 Å². The van der Waals surface area contributed by atoms with Crippen molar-refractivity contribution < 1.29 is 27.9 Å². The lowest BCUT2D eigenvalue weighted by Gasteiger charge is -2.18. The van der Waals surface area contributed by atoms with Crippen molar-refractivity contribution in [1.82, 2.24) is 10.6 Å². The van der Waals surface area contributed by atoms with Gasteiger partial charge < -0.3 is 15.7 Å². The van der Waals surface area contributed by atoms with E-state index in [1.54, 1.807) is 12.1 Å². The molecule has 0 radical (unpaired) electrons. The van der Waals surface area contributed by atoms with Crippen LogP contribution in [0.15, 0.2) is 48.5 Å². The van der Waals surface area contributed by atoms with Crippen molar-refractivity contribution in [2.75, 3.05) is 13.1 Å². The number of aliphatic hydroxyl groups is 1. The Labute approximate surface area is 164 Å². The zero-order chi connectivity index (χ0) is 20.7. The van der Waals surface area contributed by atoms with E-state index in [9.17, 15) is 27.9 Å². The molecule has 0 saturated carbocycles. The number of halogens is 4. The van der Waals surface area contributed by atoms with Crippen LogP contribution < -0.4 is 10.6 Å². The molecule has 0 aromatic heterocycles. The standard InChI is InChI=1S/C19H18ClF3N2O3/c20-13-7-5-12(6-8-13)18(28)24-10-9-17(27)25-11-16(26)14-3-1-2-4-15(14)19(21,22)23/h1-8,16,26H,9-11H2,(H,24,28)(H,25,27). The molecule has 2 amide bonds. The van der Waals surface area contributed by atoms with Gasteiger partial charge in [-0.2, -0.15) is 13.2 Å². The summed E-state index contributed by atoms with van der Waals surface area (Å²) in [5, 5.41) is 15.4. The van der Waals surface area contributed by atoms with Crippen LogP contribution in [0.2, 0.25) is 5.02 Å². The van der Waals surface area contributed by atoms with Crippen LogP contribution >= 0.6 is 11.6 Å². The zero-order valence-corrected chi connectivity index (χ0v) is 15.3. The number of benzene rings is 2. The predicted molar refractivity (Wildman–Crippen MR) is 97.8 cm³/mol. The SMILES string of the molecule is O=C(CCNC(=O)c1ccc(Cl)cc1)NCC(O)c1ccccc1C(F)(F)F. The van der Waals surface area contributed by atoms with Crippen molar-refractivity contribution in [3.8, 4) is 0 Å². The fourth-order valence-corrected chi connectivity index (χ4v) is 2.57. The van der Waals surface area contributed by atoms with E-state index in [1.807, 2.05) is 0 Å². The number of carbonyl (C=O) groups is 2. The van der Waals surface area contributed by atoms with E-state index in [4.69, 9.17) is 11.6 Å². The Balaban J connectivity index is 1.80. The van der Waals surface area contributed by atoms with Crippen molar-refractivity contribution in [1.29, 1.82) is 0 Å². The second-order valence-electron chi connectivity index (χ2n) is 5.92. The van der Waals surface area contributed by atoms with E-state index in [1.165, 1.54) is 24.3 Å². The molecule has 0 aliphatic heterocycles. The van der Waals surface area contributed by atoms with E-state index in [0.717, 1.165) is 12.1 Å². The number of hydrogen-bond donors (Lipinski definition) is 3. The van der Waals surface area contributed by atoms with Gasteiger partial charge in [-0.15, -0.1) is 0 Å². The van der Waals surface area contributed by atoms with E-state index < -0.39 is 23.8 Å². The van der Waals surface area contributed by atoms with E-state index in [2.05, 4.69) is 10.6 Å². The minimum Gasteiger partial charge on any atom is -0.387 e. The Hall–Kier alpha value is -2.58. The third kappa shape index (κ3) is 6.24. The first-order valence-corrected chi connectivity index (χ1v) is 8.71. The first-order valence-electron chi connectivity index (χ1n) is 8.33. The van der Waals surface area contributed by atoms with Gasteiger partial charge in [-0.3, -0.25) is 9.59 Å². The topological polar surface area (TPSA) is 78.4 Å². The highest BCUT2D eigenvalue weighted by molar-refractivity contribution is 6.30. The molecule has 1 unspecified atom stereocenters. The maximum atomic E-state index is 13.0. The molecule has 0 aliphatic rings. The summed E-state index contributed by atoms with van der Waals surface area (Å²) >= 11 is 5.73. The molecule has 5 nitrogen and oxygen atoms in total. The van der Waals surface area contributed by atoms with Crippen LogP contribution in [-0.4, -0.2) is 30.0 Å². The van der Waals surface area contributed by atoms with Crippen LogP contribution in [0.3, 0.4) is 0 Å². The van der Waals surface area contributed by atoms with Gasteiger partial charge in [0.25, 0.3) is 5.91 Å². The molecule has 0 fully saturated rings. The molecule has 0 heterocycles. The number of aliphatic hydroxyl groups excluding tert-OH is 1. The second-order valence-corrected chi connectivity index (χ2v) is 6.35. The highest BCUT2D eigenvalue weighted by Crippen LogP contribution is 2.34. The van der Waals surface area contributed by atoms with Crippen LogP contribution in [0, 0.1) is 0 Å². The molecule has 2 aromatic rings. The molecule has 3 N–H and O–H groups in total. The molecule has 0 saturated heterocycles. The van der Waals surface area contributed by atoms with Gasteiger partial charge in [0.1, 0.15) is 0 Å². The van der Waals surface area contributed by atoms with E-state index in [0.29, 0.717) is 10.6 Å². The number of alkyl halides is 3. The molecule has 1 atom stereocenters. The fourth-order valence-electron chi connectivity index (χ4n) is 2.45. The van der Waals surface area contributed by atoms with Crippen molar-refractivity contribution in [3.05, 3.63) is 70.2 Å². The second kappa shape index (κ2) is 9.57. The normalized spacial score (nSPS) is 12.3. The lowest BCUT2D eigenvalue weighted by molar-refractivity contribution is -0.139.